The monoisotopic (exact) mass is 225 g/mol. The predicted octanol–water partition coefficient (Wildman–Crippen LogP) is 1.47. The van der Waals surface area contributed by atoms with E-state index in [4.69, 9.17) is 10.5 Å². The first-order valence-corrected chi connectivity index (χ1v) is 6.10. The summed E-state index contributed by atoms with van der Waals surface area (Å²) in [5.41, 5.74) is 6.45. The quantitative estimate of drug-likeness (QED) is 0.844. The van der Waals surface area contributed by atoms with E-state index in [1.807, 2.05) is 11.8 Å². The Labute approximate surface area is 93.6 Å². The minimum Gasteiger partial charge on any atom is -0.382 e. The van der Waals surface area contributed by atoms with E-state index >= 15 is 0 Å². The number of hydrogen-bond acceptors (Lipinski definition) is 5. The third kappa shape index (κ3) is 2.82. The van der Waals surface area contributed by atoms with Crippen LogP contribution in [0.4, 0.5) is 5.82 Å². The Morgan fingerprint density at radius 1 is 1.53 bits per heavy atom. The zero-order chi connectivity index (χ0) is 10.7. The van der Waals surface area contributed by atoms with Gasteiger partial charge < -0.3 is 10.5 Å². The molecule has 0 bridgehead atoms. The van der Waals surface area contributed by atoms with E-state index < -0.39 is 0 Å². The fraction of sp³-hybridized carbons (Fsp3) is 0.600. The van der Waals surface area contributed by atoms with Crippen LogP contribution in [0.1, 0.15) is 19.0 Å². The molecule has 15 heavy (non-hydrogen) atoms. The molecule has 2 unspecified atom stereocenters. The molecular weight excluding hydrogens is 210 g/mol. The lowest BCUT2D eigenvalue weighted by Crippen LogP contribution is -2.13. The van der Waals surface area contributed by atoms with Crippen LogP contribution in [0.3, 0.4) is 0 Å². The van der Waals surface area contributed by atoms with Crippen molar-refractivity contribution in [2.75, 3.05) is 12.3 Å². The van der Waals surface area contributed by atoms with Crippen LogP contribution in [0.5, 0.6) is 0 Å². The lowest BCUT2D eigenvalue weighted by Gasteiger charge is -2.12. The van der Waals surface area contributed by atoms with E-state index in [0.29, 0.717) is 17.2 Å². The van der Waals surface area contributed by atoms with Gasteiger partial charge in [-0.25, -0.2) is 4.98 Å². The van der Waals surface area contributed by atoms with Gasteiger partial charge in [-0.3, -0.25) is 4.98 Å². The molecule has 0 amide bonds. The van der Waals surface area contributed by atoms with Crippen LogP contribution in [-0.4, -0.2) is 27.9 Å². The molecule has 1 aliphatic heterocycles. The van der Waals surface area contributed by atoms with Crippen molar-refractivity contribution < 1.29 is 4.74 Å². The Kier molecular flexibility index (Phi) is 3.43. The molecule has 5 heteroatoms. The molecule has 0 saturated carbocycles. The predicted molar refractivity (Wildman–Crippen MR) is 61.6 cm³/mol. The summed E-state index contributed by atoms with van der Waals surface area (Å²) in [5, 5.41) is 0.587. The Morgan fingerprint density at radius 2 is 2.40 bits per heavy atom. The maximum atomic E-state index is 5.50. The fourth-order valence-corrected chi connectivity index (χ4v) is 2.71. The standard InChI is InChI=1S/C10H15N3OS/c1-7-9(2-3-14-7)15-6-8-4-13-10(11)5-12-8/h4-5,7,9H,2-3,6H2,1H3,(H2,11,13). The van der Waals surface area contributed by atoms with Gasteiger partial charge in [-0.05, 0) is 13.3 Å². The number of nitrogen functional groups attached to an aromatic ring is 1. The van der Waals surface area contributed by atoms with Crippen LogP contribution in [0.15, 0.2) is 12.4 Å². The number of anilines is 1. The molecule has 1 aliphatic rings. The molecule has 1 saturated heterocycles. The molecule has 0 aromatic carbocycles. The average molecular weight is 225 g/mol. The van der Waals surface area contributed by atoms with E-state index in [1.54, 1.807) is 12.4 Å². The van der Waals surface area contributed by atoms with Crippen LogP contribution < -0.4 is 5.73 Å². The highest BCUT2D eigenvalue weighted by Gasteiger charge is 2.24. The minimum absolute atomic E-state index is 0.358. The van der Waals surface area contributed by atoms with Crippen LogP contribution in [0, 0.1) is 0 Å². The number of thioether (sulfide) groups is 1. The van der Waals surface area contributed by atoms with Gasteiger partial charge in [0.1, 0.15) is 5.82 Å². The van der Waals surface area contributed by atoms with Crippen molar-refractivity contribution in [1.82, 2.24) is 9.97 Å². The highest BCUT2D eigenvalue weighted by molar-refractivity contribution is 7.99. The third-order valence-corrected chi connectivity index (χ3v) is 3.99. The summed E-state index contributed by atoms with van der Waals surface area (Å²) in [4.78, 5) is 8.23. The van der Waals surface area contributed by atoms with Crippen molar-refractivity contribution in [1.29, 1.82) is 0 Å². The summed E-state index contributed by atoms with van der Waals surface area (Å²) < 4.78 is 5.50. The zero-order valence-corrected chi connectivity index (χ0v) is 9.54. The second kappa shape index (κ2) is 4.81. The van der Waals surface area contributed by atoms with Crippen molar-refractivity contribution in [3.63, 3.8) is 0 Å². The largest absolute Gasteiger partial charge is 0.382 e. The molecule has 0 aliphatic carbocycles. The maximum absolute atomic E-state index is 5.50. The molecule has 0 radical (unpaired) electrons. The Bertz CT molecular complexity index is 317. The first-order chi connectivity index (χ1) is 7.25. The topological polar surface area (TPSA) is 61.0 Å². The maximum Gasteiger partial charge on any atom is 0.141 e. The van der Waals surface area contributed by atoms with Gasteiger partial charge in [0.05, 0.1) is 24.2 Å². The van der Waals surface area contributed by atoms with Crippen LogP contribution >= 0.6 is 11.8 Å². The number of nitrogens with two attached hydrogens (primary N) is 1. The summed E-state index contributed by atoms with van der Waals surface area (Å²) in [6, 6.07) is 0. The highest BCUT2D eigenvalue weighted by Crippen LogP contribution is 2.28. The summed E-state index contributed by atoms with van der Waals surface area (Å²) in [5.74, 6) is 1.35. The van der Waals surface area contributed by atoms with Crippen molar-refractivity contribution in [2.45, 2.75) is 30.5 Å². The van der Waals surface area contributed by atoms with Gasteiger partial charge in [0, 0.05) is 17.6 Å². The number of aromatic nitrogens is 2. The molecule has 1 aromatic rings. The molecule has 2 N–H and O–H groups in total. The van der Waals surface area contributed by atoms with Crippen LogP contribution in [0.25, 0.3) is 0 Å². The van der Waals surface area contributed by atoms with E-state index in [2.05, 4.69) is 16.9 Å². The van der Waals surface area contributed by atoms with Gasteiger partial charge >= 0.3 is 0 Å². The van der Waals surface area contributed by atoms with E-state index in [-0.39, 0.29) is 0 Å². The number of rotatable bonds is 3. The van der Waals surface area contributed by atoms with Crippen LogP contribution in [-0.2, 0) is 10.5 Å². The Morgan fingerprint density at radius 3 is 3.00 bits per heavy atom. The molecule has 1 fully saturated rings. The number of nitrogens with zero attached hydrogens (tertiary/aromatic N) is 2. The molecule has 2 atom stereocenters. The first-order valence-electron chi connectivity index (χ1n) is 5.05. The summed E-state index contributed by atoms with van der Waals surface area (Å²) >= 11 is 1.88. The number of ether oxygens (including phenoxy) is 1. The van der Waals surface area contributed by atoms with Gasteiger partial charge in [0.15, 0.2) is 0 Å². The lowest BCUT2D eigenvalue weighted by atomic mass is 10.3. The van der Waals surface area contributed by atoms with Crippen LogP contribution in [0.2, 0.25) is 0 Å². The van der Waals surface area contributed by atoms with Crippen molar-refractivity contribution in [2.24, 2.45) is 0 Å². The molecule has 2 rings (SSSR count). The van der Waals surface area contributed by atoms with E-state index in [0.717, 1.165) is 24.5 Å². The van der Waals surface area contributed by atoms with Crippen molar-refractivity contribution in [3.8, 4) is 0 Å². The second-order valence-electron chi connectivity index (χ2n) is 3.65. The molecule has 1 aromatic heterocycles. The lowest BCUT2D eigenvalue weighted by molar-refractivity contribution is 0.127. The smallest absolute Gasteiger partial charge is 0.141 e. The normalized spacial score (nSPS) is 25.7. The molecule has 82 valence electrons. The molecular formula is C10H15N3OS. The first kappa shape index (κ1) is 10.7. The second-order valence-corrected chi connectivity index (χ2v) is 4.87. The van der Waals surface area contributed by atoms with Crippen molar-refractivity contribution >= 4 is 17.6 Å². The summed E-state index contributed by atoms with van der Waals surface area (Å²) in [7, 11) is 0. The fourth-order valence-electron chi connectivity index (χ4n) is 1.56. The van der Waals surface area contributed by atoms with Gasteiger partial charge in [-0.1, -0.05) is 0 Å². The minimum atomic E-state index is 0.358. The van der Waals surface area contributed by atoms with Gasteiger partial charge in [0.25, 0.3) is 0 Å². The molecule has 0 spiro atoms. The third-order valence-electron chi connectivity index (χ3n) is 2.48. The Hall–Kier alpha value is -0.810. The number of hydrogen-bond donors (Lipinski definition) is 1. The SMILES string of the molecule is CC1OCCC1SCc1cnc(N)cn1. The van der Waals surface area contributed by atoms with E-state index in [1.165, 1.54) is 0 Å². The summed E-state index contributed by atoms with van der Waals surface area (Å²) in [6.45, 7) is 3.01. The molecule has 2 heterocycles. The van der Waals surface area contributed by atoms with Gasteiger partial charge in [-0.15, -0.1) is 11.8 Å². The molecule has 4 nitrogen and oxygen atoms in total. The zero-order valence-electron chi connectivity index (χ0n) is 8.72. The summed E-state index contributed by atoms with van der Waals surface area (Å²) in [6.07, 6.45) is 4.83. The van der Waals surface area contributed by atoms with E-state index in [9.17, 15) is 0 Å². The Balaban J connectivity index is 1.85. The average Bonchev–Trinajstić information content (AvgIpc) is 2.63. The van der Waals surface area contributed by atoms with Gasteiger partial charge in [0.2, 0.25) is 0 Å². The highest BCUT2D eigenvalue weighted by atomic mass is 32.2. The van der Waals surface area contributed by atoms with Crippen molar-refractivity contribution in [3.05, 3.63) is 18.1 Å². The van der Waals surface area contributed by atoms with Gasteiger partial charge in [-0.2, -0.15) is 0 Å².